The van der Waals surface area contributed by atoms with Crippen molar-refractivity contribution < 1.29 is 14.3 Å². The highest BCUT2D eigenvalue weighted by Crippen LogP contribution is 2.23. The number of ether oxygens (including phenoxy) is 2. The Kier molecular flexibility index (Phi) is 6.54. The van der Waals surface area contributed by atoms with Crippen LogP contribution in [0.3, 0.4) is 0 Å². The maximum absolute atomic E-state index is 12.6. The summed E-state index contributed by atoms with van der Waals surface area (Å²) in [5, 5.41) is 0.394. The maximum Gasteiger partial charge on any atom is 0.216 e. The van der Waals surface area contributed by atoms with Gasteiger partial charge in [0.1, 0.15) is 0 Å². The van der Waals surface area contributed by atoms with Crippen molar-refractivity contribution in [2.24, 2.45) is 0 Å². The number of carbonyl (C=O) groups excluding carboxylic acids is 1. The molecule has 0 amide bonds. The molecule has 0 saturated heterocycles. The Morgan fingerprint density at radius 1 is 1.17 bits per heavy atom. The molecule has 0 spiro atoms. The molecule has 0 N–H and O–H groups in total. The Hall–Kier alpha value is -1.69. The van der Waals surface area contributed by atoms with Crippen LogP contribution in [0.4, 0.5) is 0 Å². The van der Waals surface area contributed by atoms with E-state index in [9.17, 15) is 4.79 Å². The normalized spacial score (nSPS) is 11.3. The monoisotopic (exact) mass is 363 g/mol. The molecule has 0 aliphatic heterocycles. The molecular formula is C18H22ClNO3Si. The van der Waals surface area contributed by atoms with E-state index in [1.807, 2.05) is 0 Å². The highest BCUT2D eigenvalue weighted by Gasteiger charge is 2.18. The summed E-state index contributed by atoms with van der Waals surface area (Å²) in [4.78, 5) is 16.8. The van der Waals surface area contributed by atoms with Crippen LogP contribution in [0.15, 0.2) is 42.6 Å². The van der Waals surface area contributed by atoms with Crippen molar-refractivity contribution in [3.63, 3.8) is 0 Å². The van der Waals surface area contributed by atoms with Gasteiger partial charge in [0.25, 0.3) is 0 Å². The highest BCUT2D eigenvalue weighted by molar-refractivity contribution is 6.76. The number of pyridine rings is 1. The van der Waals surface area contributed by atoms with Gasteiger partial charge in [-0.3, -0.25) is 4.79 Å². The molecule has 0 radical (unpaired) electrons. The Morgan fingerprint density at radius 3 is 2.62 bits per heavy atom. The van der Waals surface area contributed by atoms with E-state index >= 15 is 0 Å². The van der Waals surface area contributed by atoms with E-state index in [1.165, 1.54) is 0 Å². The van der Waals surface area contributed by atoms with Crippen LogP contribution in [0.1, 0.15) is 16.1 Å². The molecule has 6 heteroatoms. The molecule has 0 aliphatic carbocycles. The zero-order valence-corrected chi connectivity index (χ0v) is 16.0. The SMILES string of the molecule is C[Si](C)(C)CCOCOc1cccnc1C(=O)c1ccccc1Cl. The fourth-order valence-corrected chi connectivity index (χ4v) is 2.97. The van der Waals surface area contributed by atoms with Crippen molar-refractivity contribution in [2.45, 2.75) is 25.7 Å². The third-order valence-corrected chi connectivity index (χ3v) is 5.43. The number of carbonyl (C=O) groups is 1. The Bertz CT molecular complexity index is 701. The second kappa shape index (κ2) is 8.42. The van der Waals surface area contributed by atoms with Gasteiger partial charge >= 0.3 is 0 Å². The van der Waals surface area contributed by atoms with E-state index in [1.54, 1.807) is 42.6 Å². The fraction of sp³-hybridized carbons (Fsp3) is 0.333. The van der Waals surface area contributed by atoms with E-state index in [0.29, 0.717) is 22.9 Å². The molecule has 2 aromatic rings. The van der Waals surface area contributed by atoms with Crippen molar-refractivity contribution in [1.29, 1.82) is 0 Å². The third-order valence-electron chi connectivity index (χ3n) is 3.40. The first-order valence-corrected chi connectivity index (χ1v) is 11.9. The molecule has 4 nitrogen and oxygen atoms in total. The van der Waals surface area contributed by atoms with Gasteiger partial charge in [-0.2, -0.15) is 0 Å². The topological polar surface area (TPSA) is 48.4 Å². The summed E-state index contributed by atoms with van der Waals surface area (Å²) in [5.74, 6) is 0.133. The molecule has 0 atom stereocenters. The largest absolute Gasteiger partial charge is 0.465 e. The minimum atomic E-state index is -1.13. The lowest BCUT2D eigenvalue weighted by Crippen LogP contribution is -2.22. The van der Waals surface area contributed by atoms with E-state index < -0.39 is 8.07 Å². The molecule has 24 heavy (non-hydrogen) atoms. The molecule has 2 rings (SSSR count). The molecule has 0 fully saturated rings. The van der Waals surface area contributed by atoms with Gasteiger partial charge < -0.3 is 9.47 Å². The van der Waals surface area contributed by atoms with Crippen molar-refractivity contribution in [3.8, 4) is 5.75 Å². The van der Waals surface area contributed by atoms with E-state index in [0.717, 1.165) is 6.04 Å². The minimum Gasteiger partial charge on any atom is -0.465 e. The molecule has 0 bridgehead atoms. The van der Waals surface area contributed by atoms with Crippen LogP contribution in [0.2, 0.25) is 30.7 Å². The summed E-state index contributed by atoms with van der Waals surface area (Å²) in [6, 6.07) is 11.4. The zero-order valence-electron chi connectivity index (χ0n) is 14.2. The second-order valence-corrected chi connectivity index (χ2v) is 12.7. The number of aromatic nitrogens is 1. The Labute approximate surface area is 148 Å². The summed E-state index contributed by atoms with van der Waals surface area (Å²) in [7, 11) is -1.13. The maximum atomic E-state index is 12.6. The van der Waals surface area contributed by atoms with Gasteiger partial charge in [0.05, 0.1) is 5.02 Å². The van der Waals surface area contributed by atoms with Gasteiger partial charge in [-0.1, -0.05) is 43.4 Å². The summed E-state index contributed by atoms with van der Waals surface area (Å²) in [5.41, 5.74) is 0.641. The summed E-state index contributed by atoms with van der Waals surface area (Å²) < 4.78 is 11.1. The molecule has 1 aromatic carbocycles. The lowest BCUT2D eigenvalue weighted by atomic mass is 10.1. The van der Waals surface area contributed by atoms with Crippen molar-refractivity contribution in [3.05, 3.63) is 58.9 Å². The standard InChI is InChI=1S/C18H22ClNO3Si/c1-24(2,3)12-11-22-13-23-16-9-6-10-20-17(16)18(21)14-7-4-5-8-15(14)19/h4-10H,11-13H2,1-3H3. The van der Waals surface area contributed by atoms with Gasteiger partial charge in [-0.05, 0) is 30.3 Å². The first kappa shape index (κ1) is 18.6. The summed E-state index contributed by atoms with van der Waals surface area (Å²) >= 11 is 6.10. The summed E-state index contributed by atoms with van der Waals surface area (Å²) in [6.45, 7) is 7.62. The third kappa shape index (κ3) is 5.44. The quantitative estimate of drug-likeness (QED) is 0.296. The predicted octanol–water partition coefficient (Wildman–Crippen LogP) is 4.66. The molecule has 1 heterocycles. The van der Waals surface area contributed by atoms with Crippen LogP contribution in [0, 0.1) is 0 Å². The molecule has 1 aromatic heterocycles. The number of nitrogens with zero attached hydrogens (tertiary/aromatic N) is 1. The average Bonchev–Trinajstić information content (AvgIpc) is 2.54. The molecular weight excluding hydrogens is 342 g/mol. The Morgan fingerprint density at radius 2 is 1.92 bits per heavy atom. The average molecular weight is 364 g/mol. The van der Waals surface area contributed by atoms with E-state index in [-0.39, 0.29) is 18.3 Å². The Balaban J connectivity index is 2.03. The minimum absolute atomic E-state index is 0.0962. The lowest BCUT2D eigenvalue weighted by molar-refractivity contribution is 0.0213. The zero-order chi connectivity index (χ0) is 17.6. The first-order chi connectivity index (χ1) is 11.4. The van der Waals surface area contributed by atoms with Crippen LogP contribution in [-0.2, 0) is 4.74 Å². The smallest absolute Gasteiger partial charge is 0.216 e. The van der Waals surface area contributed by atoms with Crippen molar-refractivity contribution in [1.82, 2.24) is 4.98 Å². The van der Waals surface area contributed by atoms with E-state index in [4.69, 9.17) is 21.1 Å². The first-order valence-electron chi connectivity index (χ1n) is 7.83. The number of rotatable bonds is 8. The molecule has 0 unspecified atom stereocenters. The number of hydrogen-bond donors (Lipinski definition) is 0. The molecule has 0 aliphatic rings. The highest BCUT2D eigenvalue weighted by atomic mass is 35.5. The lowest BCUT2D eigenvalue weighted by Gasteiger charge is -2.16. The van der Waals surface area contributed by atoms with Gasteiger partial charge in [0, 0.05) is 26.4 Å². The number of benzene rings is 1. The number of halogens is 1. The van der Waals surface area contributed by atoms with Gasteiger partial charge in [-0.25, -0.2) is 4.98 Å². The number of ketones is 1. The molecule has 128 valence electrons. The van der Waals surface area contributed by atoms with Gasteiger partial charge in [0.2, 0.25) is 5.78 Å². The fourth-order valence-electron chi connectivity index (χ4n) is 1.99. The van der Waals surface area contributed by atoms with Crippen LogP contribution in [-0.4, -0.2) is 32.2 Å². The van der Waals surface area contributed by atoms with Crippen LogP contribution >= 0.6 is 11.6 Å². The van der Waals surface area contributed by atoms with Gasteiger partial charge in [0.15, 0.2) is 18.2 Å². The number of hydrogen-bond acceptors (Lipinski definition) is 4. The molecule has 0 saturated carbocycles. The van der Waals surface area contributed by atoms with Crippen LogP contribution in [0.5, 0.6) is 5.75 Å². The van der Waals surface area contributed by atoms with Crippen molar-refractivity contribution >= 4 is 25.5 Å². The van der Waals surface area contributed by atoms with Crippen LogP contribution in [0.25, 0.3) is 0 Å². The predicted molar refractivity (Wildman–Crippen MR) is 98.7 cm³/mol. The van der Waals surface area contributed by atoms with Crippen LogP contribution < -0.4 is 4.74 Å². The van der Waals surface area contributed by atoms with Crippen molar-refractivity contribution in [2.75, 3.05) is 13.4 Å². The van der Waals surface area contributed by atoms with E-state index in [2.05, 4.69) is 24.6 Å². The van der Waals surface area contributed by atoms with Gasteiger partial charge in [-0.15, -0.1) is 0 Å². The summed E-state index contributed by atoms with van der Waals surface area (Å²) in [6.07, 6.45) is 1.56. The second-order valence-electron chi connectivity index (χ2n) is 6.64.